The van der Waals surface area contributed by atoms with Crippen LogP contribution in [-0.2, 0) is 0 Å². The Balaban J connectivity index is 2.99. The molecule has 0 unspecified atom stereocenters. The third-order valence-electron chi connectivity index (χ3n) is 2.40. The van der Waals surface area contributed by atoms with Gasteiger partial charge >= 0.3 is 0 Å². The van der Waals surface area contributed by atoms with E-state index in [0.29, 0.717) is 0 Å². The number of hydrogen-bond donors (Lipinski definition) is 0. The quantitative estimate of drug-likeness (QED) is 0.487. The Bertz CT molecular complexity index is 395. The van der Waals surface area contributed by atoms with E-state index in [2.05, 4.69) is 17.0 Å². The molecule has 0 aromatic carbocycles. The molecule has 1 heterocycles. The Morgan fingerprint density at radius 2 is 2.13 bits per heavy atom. The lowest BCUT2D eigenvalue weighted by atomic mass is 10.1. The van der Waals surface area contributed by atoms with Crippen molar-refractivity contribution in [2.45, 2.75) is 13.8 Å². The van der Waals surface area contributed by atoms with Gasteiger partial charge in [-0.05, 0) is 6.92 Å². The predicted octanol–water partition coefficient (Wildman–Crippen LogP) is 2.48. The van der Waals surface area contributed by atoms with Gasteiger partial charge < -0.3 is 5.32 Å². The Hall–Kier alpha value is -1.64. The summed E-state index contributed by atoms with van der Waals surface area (Å²) >= 11 is 0. The second kappa shape index (κ2) is 4.73. The van der Waals surface area contributed by atoms with Crippen LogP contribution in [0.4, 0.5) is 0 Å². The van der Waals surface area contributed by atoms with Gasteiger partial charge in [-0.15, -0.1) is 5.70 Å². The number of rotatable bonds is 2. The van der Waals surface area contributed by atoms with Crippen LogP contribution in [0.25, 0.3) is 5.32 Å². The highest BCUT2D eigenvalue weighted by atomic mass is 15.0. The van der Waals surface area contributed by atoms with Crippen LogP contribution in [0.2, 0.25) is 0 Å². The zero-order valence-electron chi connectivity index (χ0n) is 9.78. The molecule has 0 aromatic heterocycles. The Morgan fingerprint density at radius 3 is 2.67 bits per heavy atom. The zero-order valence-corrected chi connectivity index (χ0v) is 9.78. The summed E-state index contributed by atoms with van der Waals surface area (Å²) in [6.07, 6.45) is 5.92. The monoisotopic (exact) mass is 203 g/mol. The van der Waals surface area contributed by atoms with Gasteiger partial charge in [0.2, 0.25) is 0 Å². The van der Waals surface area contributed by atoms with Gasteiger partial charge in [0.15, 0.2) is 5.70 Å². The van der Waals surface area contributed by atoms with E-state index in [1.54, 1.807) is 7.05 Å². The van der Waals surface area contributed by atoms with Crippen molar-refractivity contribution in [2.24, 2.45) is 4.99 Å². The maximum atomic E-state index is 4.52. The van der Waals surface area contributed by atoms with Crippen molar-refractivity contribution in [3.8, 4) is 0 Å². The van der Waals surface area contributed by atoms with Gasteiger partial charge in [-0.25, -0.2) is 4.58 Å². The normalized spacial score (nSPS) is 19.5. The van der Waals surface area contributed by atoms with Gasteiger partial charge in [0.1, 0.15) is 13.8 Å². The Labute approximate surface area is 91.2 Å². The topological polar surface area (TPSA) is 29.5 Å². The molecule has 0 atom stereocenters. The second-order valence-corrected chi connectivity index (χ2v) is 3.50. The van der Waals surface area contributed by atoms with Crippen molar-refractivity contribution >= 4 is 12.4 Å². The van der Waals surface area contributed by atoms with E-state index in [-0.39, 0.29) is 0 Å². The van der Waals surface area contributed by atoms with Crippen molar-refractivity contribution in [1.29, 1.82) is 0 Å². The molecule has 1 rings (SSSR count). The lowest BCUT2D eigenvalue weighted by Gasteiger charge is -2.29. The van der Waals surface area contributed by atoms with Gasteiger partial charge in [-0.1, -0.05) is 23.9 Å². The molecular formula is C12H17N3. The lowest BCUT2D eigenvalue weighted by molar-refractivity contribution is -0.434. The molecule has 0 spiro atoms. The molecule has 0 saturated heterocycles. The molecular weight excluding hydrogens is 186 g/mol. The van der Waals surface area contributed by atoms with E-state index in [1.165, 1.54) is 0 Å². The molecule has 0 radical (unpaired) electrons. The first-order valence-corrected chi connectivity index (χ1v) is 4.85. The highest BCUT2D eigenvalue weighted by molar-refractivity contribution is 6.02. The molecule has 1 aliphatic heterocycles. The van der Waals surface area contributed by atoms with Gasteiger partial charge in [0, 0.05) is 19.7 Å². The van der Waals surface area contributed by atoms with Crippen LogP contribution in [0.3, 0.4) is 0 Å². The van der Waals surface area contributed by atoms with E-state index in [1.807, 2.05) is 43.7 Å². The van der Waals surface area contributed by atoms with Crippen LogP contribution >= 0.6 is 0 Å². The van der Waals surface area contributed by atoms with Crippen LogP contribution in [0, 0.1) is 0 Å². The molecule has 0 bridgehead atoms. The molecule has 0 amide bonds. The molecule has 3 nitrogen and oxygen atoms in total. The highest BCUT2D eigenvalue weighted by Crippen LogP contribution is 2.24. The average molecular weight is 203 g/mol. The number of hydrogen-bond acceptors (Lipinski definition) is 1. The maximum absolute atomic E-state index is 4.52. The van der Waals surface area contributed by atoms with E-state index < -0.39 is 0 Å². The first-order chi connectivity index (χ1) is 7.06. The van der Waals surface area contributed by atoms with Crippen LogP contribution in [-0.4, -0.2) is 31.1 Å². The number of nitrogens with zero attached hydrogens (tertiary/aromatic N) is 3. The fraction of sp³-hybridized carbons (Fsp3) is 0.333. The fourth-order valence-corrected chi connectivity index (χ4v) is 1.15. The van der Waals surface area contributed by atoms with E-state index in [0.717, 1.165) is 22.8 Å². The smallest absolute Gasteiger partial charge is 0.162 e. The summed E-state index contributed by atoms with van der Waals surface area (Å²) in [4.78, 5) is 4.12. The fourth-order valence-electron chi connectivity index (χ4n) is 1.15. The minimum absolute atomic E-state index is 0.913. The first kappa shape index (κ1) is 11.4. The first-order valence-electron chi connectivity index (χ1n) is 4.85. The van der Waals surface area contributed by atoms with Crippen molar-refractivity contribution in [1.82, 2.24) is 0 Å². The third-order valence-corrected chi connectivity index (χ3v) is 2.40. The lowest BCUT2D eigenvalue weighted by Crippen LogP contribution is -2.05. The molecule has 0 aromatic rings. The zero-order chi connectivity index (χ0) is 11.4. The summed E-state index contributed by atoms with van der Waals surface area (Å²) in [6, 6.07) is 0. The minimum atomic E-state index is 0.913. The van der Waals surface area contributed by atoms with Crippen LogP contribution in [0.5, 0.6) is 0 Å². The van der Waals surface area contributed by atoms with E-state index in [4.69, 9.17) is 0 Å². The standard InChI is InChI=1S/C12H17N3/c1-9(13-3)11-7-6-8-12(14-11)10(2)15(4)5/h6-8H,4H2,1-3,5H3. The summed E-state index contributed by atoms with van der Waals surface area (Å²) in [7, 11) is 3.68. The summed E-state index contributed by atoms with van der Waals surface area (Å²) in [6.45, 7) is 7.79. The van der Waals surface area contributed by atoms with Gasteiger partial charge in [0.05, 0.1) is 0 Å². The van der Waals surface area contributed by atoms with Crippen LogP contribution in [0.1, 0.15) is 13.8 Å². The average Bonchev–Trinajstić information content (AvgIpc) is 2.27. The van der Waals surface area contributed by atoms with Gasteiger partial charge in [0.25, 0.3) is 0 Å². The third kappa shape index (κ3) is 2.65. The predicted molar refractivity (Wildman–Crippen MR) is 65.6 cm³/mol. The number of aliphatic imine (C=N–C) groups is 1. The van der Waals surface area contributed by atoms with Gasteiger partial charge in [-0.3, -0.25) is 4.99 Å². The Morgan fingerprint density at radius 1 is 1.47 bits per heavy atom. The largest absolute Gasteiger partial charge is 0.651 e. The van der Waals surface area contributed by atoms with Crippen molar-refractivity contribution in [2.75, 3.05) is 14.1 Å². The van der Waals surface area contributed by atoms with Crippen LogP contribution in [0.15, 0.2) is 40.3 Å². The summed E-state index contributed by atoms with van der Waals surface area (Å²) in [5.74, 6) is 0. The van der Waals surface area contributed by atoms with Crippen molar-refractivity contribution in [3.05, 3.63) is 40.6 Å². The maximum Gasteiger partial charge on any atom is 0.162 e. The molecule has 0 saturated carbocycles. The van der Waals surface area contributed by atoms with Crippen molar-refractivity contribution in [3.63, 3.8) is 0 Å². The van der Waals surface area contributed by atoms with E-state index >= 15 is 0 Å². The molecule has 80 valence electrons. The summed E-state index contributed by atoms with van der Waals surface area (Å²) < 4.78 is 1.81. The number of allylic oxidation sites excluding steroid dienone is 5. The molecule has 15 heavy (non-hydrogen) atoms. The molecule has 0 fully saturated rings. The summed E-state index contributed by atoms with van der Waals surface area (Å²) in [5, 5.41) is 4.52. The minimum Gasteiger partial charge on any atom is -0.651 e. The Kier molecular flexibility index (Phi) is 3.61. The van der Waals surface area contributed by atoms with Crippen LogP contribution < -0.4 is 0 Å². The molecule has 1 aliphatic rings. The van der Waals surface area contributed by atoms with Crippen molar-refractivity contribution < 1.29 is 4.58 Å². The second-order valence-electron chi connectivity index (χ2n) is 3.50. The van der Waals surface area contributed by atoms with E-state index in [9.17, 15) is 0 Å². The highest BCUT2D eigenvalue weighted by Gasteiger charge is 2.02. The van der Waals surface area contributed by atoms with Gasteiger partial charge in [-0.2, -0.15) is 0 Å². The SMILES string of the molecule is C=[N+](C)C(C)=C1C=CC=C(C(C)=NC)[N-]1. The molecule has 3 heteroatoms. The summed E-state index contributed by atoms with van der Waals surface area (Å²) in [5.41, 5.74) is 3.83. The molecule has 0 aliphatic carbocycles. The molecule has 0 N–H and O–H groups in total.